The van der Waals surface area contributed by atoms with Gasteiger partial charge in [0.25, 0.3) is 0 Å². The van der Waals surface area contributed by atoms with Crippen LogP contribution in [-0.2, 0) is 30.4 Å². The number of carboxylic acid groups (broad SMARTS) is 1. The number of phenols is 1. The van der Waals surface area contributed by atoms with E-state index in [9.17, 15) is 34.2 Å². The lowest BCUT2D eigenvalue weighted by molar-refractivity contribution is -0.142. The van der Waals surface area contributed by atoms with E-state index in [0.29, 0.717) is 11.3 Å². The summed E-state index contributed by atoms with van der Waals surface area (Å²) in [4.78, 5) is 61.4. The topological polar surface area (TPSA) is 214 Å². The number of carbonyl (C=O) groups is 5. The molecular formula is C24H37N5O7S. The number of phenolic OH excluding ortho intramolecular Hbond substituents is 1. The minimum Gasteiger partial charge on any atom is -0.508 e. The first-order valence-electron chi connectivity index (χ1n) is 11.8. The zero-order valence-electron chi connectivity index (χ0n) is 21.2. The van der Waals surface area contributed by atoms with E-state index in [-0.39, 0.29) is 37.4 Å². The van der Waals surface area contributed by atoms with E-state index in [1.165, 1.54) is 23.9 Å². The van der Waals surface area contributed by atoms with Gasteiger partial charge in [-0.25, -0.2) is 4.79 Å². The summed E-state index contributed by atoms with van der Waals surface area (Å²) in [6.07, 6.45) is 1.61. The average Bonchev–Trinajstić information content (AvgIpc) is 2.83. The molecule has 0 radical (unpaired) electrons. The van der Waals surface area contributed by atoms with Crippen LogP contribution in [0.15, 0.2) is 24.3 Å². The number of aromatic hydroxyl groups is 1. The molecule has 0 bridgehead atoms. The van der Waals surface area contributed by atoms with Gasteiger partial charge in [-0.3, -0.25) is 19.2 Å². The molecule has 9 N–H and O–H groups in total. The van der Waals surface area contributed by atoms with Crippen LogP contribution in [0.3, 0.4) is 0 Å². The first-order valence-corrected chi connectivity index (χ1v) is 13.2. The normalized spacial score (nSPS) is 14.2. The summed E-state index contributed by atoms with van der Waals surface area (Å²) in [7, 11) is 0. The molecule has 1 aromatic rings. The van der Waals surface area contributed by atoms with Crippen LogP contribution >= 0.6 is 11.8 Å². The Labute approximate surface area is 220 Å². The Kier molecular flexibility index (Phi) is 13.5. The molecule has 1 aromatic carbocycles. The highest BCUT2D eigenvalue weighted by Gasteiger charge is 2.31. The van der Waals surface area contributed by atoms with Gasteiger partial charge in [0.05, 0.1) is 6.04 Å². The zero-order valence-corrected chi connectivity index (χ0v) is 22.0. The molecule has 0 aliphatic rings. The number of rotatable bonds is 16. The van der Waals surface area contributed by atoms with E-state index in [4.69, 9.17) is 11.5 Å². The van der Waals surface area contributed by atoms with E-state index in [2.05, 4.69) is 16.0 Å². The Morgan fingerprint density at radius 3 is 1.95 bits per heavy atom. The lowest BCUT2D eigenvalue weighted by Crippen LogP contribution is -2.58. The van der Waals surface area contributed by atoms with Gasteiger partial charge < -0.3 is 37.6 Å². The van der Waals surface area contributed by atoms with Gasteiger partial charge in [-0.1, -0.05) is 26.0 Å². The number of nitrogens with two attached hydrogens (primary N) is 2. The zero-order chi connectivity index (χ0) is 28.1. The smallest absolute Gasteiger partial charge is 0.326 e. The van der Waals surface area contributed by atoms with Crippen molar-refractivity contribution in [3.63, 3.8) is 0 Å². The van der Waals surface area contributed by atoms with Crippen molar-refractivity contribution < 1.29 is 34.2 Å². The first-order chi connectivity index (χ1) is 17.3. The van der Waals surface area contributed by atoms with E-state index < -0.39 is 53.8 Å². The van der Waals surface area contributed by atoms with Gasteiger partial charge >= 0.3 is 5.97 Å². The Morgan fingerprint density at radius 2 is 1.43 bits per heavy atom. The van der Waals surface area contributed by atoms with Crippen LogP contribution in [0.5, 0.6) is 5.75 Å². The van der Waals surface area contributed by atoms with E-state index >= 15 is 0 Å². The minimum absolute atomic E-state index is 0.0359. The SMILES string of the molecule is CSCCC(NC(=O)C(Cc1ccc(O)cc1)NC(=O)C(N)C(C)C)C(=O)NC(CCC(N)=O)C(=O)O. The lowest BCUT2D eigenvalue weighted by Gasteiger charge is -2.26. The summed E-state index contributed by atoms with van der Waals surface area (Å²) < 4.78 is 0. The molecule has 4 atom stereocenters. The monoisotopic (exact) mass is 539 g/mol. The molecule has 13 heteroatoms. The summed E-state index contributed by atoms with van der Waals surface area (Å²) in [6.45, 7) is 3.53. The van der Waals surface area contributed by atoms with Crippen LogP contribution in [-0.4, -0.2) is 76.0 Å². The van der Waals surface area contributed by atoms with Crippen molar-refractivity contribution in [3.05, 3.63) is 29.8 Å². The second kappa shape index (κ2) is 15.7. The maximum atomic E-state index is 13.3. The average molecular weight is 540 g/mol. The Bertz CT molecular complexity index is 942. The first kappa shape index (κ1) is 31.7. The van der Waals surface area contributed by atoms with Crippen LogP contribution in [0.1, 0.15) is 38.7 Å². The molecule has 1 rings (SSSR count). The highest BCUT2D eigenvalue weighted by Crippen LogP contribution is 2.13. The van der Waals surface area contributed by atoms with Crippen LogP contribution in [0.4, 0.5) is 0 Å². The molecule has 0 spiro atoms. The van der Waals surface area contributed by atoms with Crippen molar-refractivity contribution in [2.24, 2.45) is 17.4 Å². The largest absolute Gasteiger partial charge is 0.508 e. The molecule has 4 amide bonds. The van der Waals surface area contributed by atoms with Gasteiger partial charge in [0.1, 0.15) is 23.9 Å². The molecule has 0 aliphatic heterocycles. The van der Waals surface area contributed by atoms with Crippen molar-refractivity contribution in [2.45, 2.75) is 63.7 Å². The number of hydrogen-bond acceptors (Lipinski definition) is 8. The minimum atomic E-state index is -1.37. The number of carbonyl (C=O) groups excluding carboxylic acids is 4. The fourth-order valence-electron chi connectivity index (χ4n) is 3.24. The van der Waals surface area contributed by atoms with Crippen molar-refractivity contribution >= 4 is 41.4 Å². The van der Waals surface area contributed by atoms with E-state index in [1.807, 2.05) is 6.26 Å². The highest BCUT2D eigenvalue weighted by atomic mass is 32.2. The number of thioether (sulfide) groups is 1. The maximum Gasteiger partial charge on any atom is 0.326 e. The predicted molar refractivity (Wildman–Crippen MR) is 139 cm³/mol. The second-order valence-electron chi connectivity index (χ2n) is 8.95. The predicted octanol–water partition coefficient (Wildman–Crippen LogP) is -0.524. The number of primary amides is 1. The summed E-state index contributed by atoms with van der Waals surface area (Å²) in [5.41, 5.74) is 11.7. The number of benzene rings is 1. The third-order valence-electron chi connectivity index (χ3n) is 5.57. The molecule has 206 valence electrons. The second-order valence-corrected chi connectivity index (χ2v) is 9.93. The van der Waals surface area contributed by atoms with Crippen LogP contribution < -0.4 is 27.4 Å². The molecule has 0 aromatic heterocycles. The number of carboxylic acids is 1. The standard InChI is InChI=1S/C24H37N5O7S/c1-13(2)20(26)23(34)29-18(12-14-4-6-15(30)7-5-14)22(33)27-16(10-11-37-3)21(32)28-17(24(35)36)8-9-19(25)31/h4-7,13,16-18,20,30H,8-12,26H2,1-3H3,(H2,25,31)(H,27,33)(H,28,32)(H,29,34)(H,35,36). The van der Waals surface area contributed by atoms with Crippen molar-refractivity contribution in [2.75, 3.05) is 12.0 Å². The van der Waals surface area contributed by atoms with Gasteiger partial charge in [0.2, 0.25) is 23.6 Å². The fraction of sp³-hybridized carbons (Fsp3) is 0.542. The molecule has 37 heavy (non-hydrogen) atoms. The fourth-order valence-corrected chi connectivity index (χ4v) is 3.71. The van der Waals surface area contributed by atoms with E-state index in [1.54, 1.807) is 26.0 Å². The van der Waals surface area contributed by atoms with E-state index in [0.717, 1.165) is 0 Å². The quantitative estimate of drug-likeness (QED) is 0.144. The van der Waals surface area contributed by atoms with Crippen molar-refractivity contribution in [1.82, 2.24) is 16.0 Å². The summed E-state index contributed by atoms with van der Waals surface area (Å²) >= 11 is 1.43. The molecular weight excluding hydrogens is 502 g/mol. The summed E-state index contributed by atoms with van der Waals surface area (Å²) in [6, 6.07) is 1.64. The number of hydrogen-bond donors (Lipinski definition) is 7. The maximum absolute atomic E-state index is 13.3. The molecule has 0 heterocycles. The Morgan fingerprint density at radius 1 is 0.892 bits per heavy atom. The molecule has 12 nitrogen and oxygen atoms in total. The number of amides is 4. The van der Waals surface area contributed by atoms with Crippen LogP contribution in [0.2, 0.25) is 0 Å². The highest BCUT2D eigenvalue weighted by molar-refractivity contribution is 7.98. The van der Waals surface area contributed by atoms with Crippen LogP contribution in [0, 0.1) is 5.92 Å². The molecule has 0 saturated heterocycles. The lowest BCUT2D eigenvalue weighted by atomic mass is 10.0. The van der Waals surface area contributed by atoms with Gasteiger partial charge in [-0.2, -0.15) is 11.8 Å². The molecule has 0 fully saturated rings. The van der Waals surface area contributed by atoms with Gasteiger partial charge in [-0.15, -0.1) is 0 Å². The summed E-state index contributed by atoms with van der Waals surface area (Å²) in [5, 5.41) is 26.5. The van der Waals surface area contributed by atoms with Gasteiger partial charge in [0, 0.05) is 12.8 Å². The van der Waals surface area contributed by atoms with Crippen LogP contribution in [0.25, 0.3) is 0 Å². The third-order valence-corrected chi connectivity index (χ3v) is 6.21. The summed E-state index contributed by atoms with van der Waals surface area (Å²) in [5.74, 6) is -3.68. The Balaban J connectivity index is 3.11. The van der Waals surface area contributed by atoms with Gasteiger partial charge in [-0.05, 0) is 48.5 Å². The molecule has 4 unspecified atom stereocenters. The molecule has 0 aliphatic carbocycles. The number of nitrogens with one attached hydrogen (secondary N) is 3. The van der Waals surface area contributed by atoms with Gasteiger partial charge in [0.15, 0.2) is 0 Å². The molecule has 0 saturated carbocycles. The van der Waals surface area contributed by atoms with Crippen molar-refractivity contribution in [3.8, 4) is 5.75 Å². The van der Waals surface area contributed by atoms with Crippen molar-refractivity contribution in [1.29, 1.82) is 0 Å². The Hall–Kier alpha value is -3.32. The number of aliphatic carboxylic acids is 1. The third kappa shape index (κ3) is 11.5.